The van der Waals surface area contributed by atoms with Crippen molar-refractivity contribution in [2.24, 2.45) is 5.92 Å². The molecular formula is C12H22N2O. The van der Waals surface area contributed by atoms with Gasteiger partial charge < -0.3 is 10.6 Å². The van der Waals surface area contributed by atoms with Gasteiger partial charge in [0.1, 0.15) is 0 Å². The molecule has 0 aromatic heterocycles. The standard InChI is InChI=1S/C12H22N2O/c1-9-2-3-11(8-9)14-12(15)6-7-13-10-4-5-10/h9-11,13H,2-8H2,1H3,(H,14,15). The lowest BCUT2D eigenvalue weighted by Crippen LogP contribution is -2.35. The lowest BCUT2D eigenvalue weighted by atomic mass is 10.1. The smallest absolute Gasteiger partial charge is 0.221 e. The highest BCUT2D eigenvalue weighted by molar-refractivity contribution is 5.76. The van der Waals surface area contributed by atoms with E-state index in [1.165, 1.54) is 32.1 Å². The minimum atomic E-state index is 0.224. The van der Waals surface area contributed by atoms with Crippen LogP contribution in [0, 0.1) is 5.92 Å². The van der Waals surface area contributed by atoms with Crippen LogP contribution in [0.2, 0.25) is 0 Å². The Balaban J connectivity index is 1.55. The molecule has 86 valence electrons. The molecule has 2 aliphatic rings. The Labute approximate surface area is 92.0 Å². The number of rotatable bonds is 5. The fourth-order valence-corrected chi connectivity index (χ4v) is 2.32. The van der Waals surface area contributed by atoms with Crippen LogP contribution in [-0.4, -0.2) is 24.5 Å². The molecule has 0 bridgehead atoms. The van der Waals surface area contributed by atoms with Gasteiger partial charge in [-0.25, -0.2) is 0 Å². The minimum Gasteiger partial charge on any atom is -0.353 e. The molecular weight excluding hydrogens is 188 g/mol. The van der Waals surface area contributed by atoms with Crippen molar-refractivity contribution in [3.8, 4) is 0 Å². The fraction of sp³-hybridized carbons (Fsp3) is 0.917. The van der Waals surface area contributed by atoms with Crippen LogP contribution in [0.3, 0.4) is 0 Å². The highest BCUT2D eigenvalue weighted by Gasteiger charge is 2.23. The molecule has 2 fully saturated rings. The van der Waals surface area contributed by atoms with Gasteiger partial charge in [0.25, 0.3) is 0 Å². The third kappa shape index (κ3) is 3.82. The van der Waals surface area contributed by atoms with E-state index in [0.29, 0.717) is 18.5 Å². The molecule has 0 radical (unpaired) electrons. The molecule has 2 rings (SSSR count). The zero-order chi connectivity index (χ0) is 10.7. The Morgan fingerprint density at radius 3 is 2.53 bits per heavy atom. The SMILES string of the molecule is CC1CCC(NC(=O)CCNC2CC2)C1. The number of hydrogen-bond donors (Lipinski definition) is 2. The molecule has 1 amide bonds. The number of hydrogen-bond acceptors (Lipinski definition) is 2. The summed E-state index contributed by atoms with van der Waals surface area (Å²) in [7, 11) is 0. The molecule has 2 atom stereocenters. The molecule has 2 saturated carbocycles. The van der Waals surface area contributed by atoms with Crippen molar-refractivity contribution in [1.82, 2.24) is 10.6 Å². The lowest BCUT2D eigenvalue weighted by molar-refractivity contribution is -0.121. The molecule has 0 saturated heterocycles. The van der Waals surface area contributed by atoms with E-state index in [0.717, 1.165) is 12.5 Å². The predicted molar refractivity (Wildman–Crippen MR) is 60.6 cm³/mol. The molecule has 3 nitrogen and oxygen atoms in total. The summed E-state index contributed by atoms with van der Waals surface area (Å²) in [5, 5.41) is 6.48. The second kappa shape index (κ2) is 4.97. The maximum atomic E-state index is 11.6. The van der Waals surface area contributed by atoms with Gasteiger partial charge in [-0.15, -0.1) is 0 Å². The summed E-state index contributed by atoms with van der Waals surface area (Å²) in [5.41, 5.74) is 0. The first-order chi connectivity index (χ1) is 7.24. The average Bonchev–Trinajstić information content (AvgIpc) is 2.91. The van der Waals surface area contributed by atoms with Crippen molar-refractivity contribution in [1.29, 1.82) is 0 Å². The molecule has 0 aromatic carbocycles. The Kier molecular flexibility index (Phi) is 3.62. The minimum absolute atomic E-state index is 0.224. The average molecular weight is 210 g/mol. The Morgan fingerprint density at radius 2 is 1.93 bits per heavy atom. The van der Waals surface area contributed by atoms with Crippen molar-refractivity contribution >= 4 is 5.91 Å². The first kappa shape index (κ1) is 10.9. The van der Waals surface area contributed by atoms with E-state index in [4.69, 9.17) is 0 Å². The molecule has 15 heavy (non-hydrogen) atoms. The molecule has 2 aliphatic carbocycles. The van der Waals surface area contributed by atoms with Crippen molar-refractivity contribution < 1.29 is 4.79 Å². The summed E-state index contributed by atoms with van der Waals surface area (Å²) in [6.45, 7) is 3.11. The molecule has 0 aliphatic heterocycles. The van der Waals surface area contributed by atoms with Crippen LogP contribution in [0.4, 0.5) is 0 Å². The van der Waals surface area contributed by atoms with E-state index in [9.17, 15) is 4.79 Å². The summed E-state index contributed by atoms with van der Waals surface area (Å²) < 4.78 is 0. The third-order valence-electron chi connectivity index (χ3n) is 3.42. The first-order valence-corrected chi connectivity index (χ1v) is 6.27. The zero-order valence-electron chi connectivity index (χ0n) is 9.59. The molecule has 0 aromatic rings. The maximum Gasteiger partial charge on any atom is 0.221 e. The third-order valence-corrected chi connectivity index (χ3v) is 3.42. The van der Waals surface area contributed by atoms with Gasteiger partial charge in [-0.05, 0) is 38.0 Å². The summed E-state index contributed by atoms with van der Waals surface area (Å²) in [4.78, 5) is 11.6. The van der Waals surface area contributed by atoms with Crippen LogP contribution in [0.25, 0.3) is 0 Å². The second-order valence-corrected chi connectivity index (χ2v) is 5.16. The van der Waals surface area contributed by atoms with Gasteiger partial charge in [0.15, 0.2) is 0 Å². The van der Waals surface area contributed by atoms with E-state index in [-0.39, 0.29) is 5.91 Å². The summed E-state index contributed by atoms with van der Waals surface area (Å²) in [6, 6.07) is 1.16. The Bertz CT molecular complexity index is 226. The van der Waals surface area contributed by atoms with Gasteiger partial charge in [0.05, 0.1) is 0 Å². The number of carbonyl (C=O) groups is 1. The van der Waals surface area contributed by atoms with Crippen LogP contribution < -0.4 is 10.6 Å². The van der Waals surface area contributed by atoms with Gasteiger partial charge in [0, 0.05) is 25.0 Å². The van der Waals surface area contributed by atoms with E-state index >= 15 is 0 Å². The molecule has 2 unspecified atom stereocenters. The highest BCUT2D eigenvalue weighted by atomic mass is 16.1. The predicted octanol–water partition coefficient (Wildman–Crippen LogP) is 1.43. The van der Waals surface area contributed by atoms with E-state index in [1.807, 2.05) is 0 Å². The van der Waals surface area contributed by atoms with E-state index in [2.05, 4.69) is 17.6 Å². The van der Waals surface area contributed by atoms with Crippen LogP contribution in [0.5, 0.6) is 0 Å². The maximum absolute atomic E-state index is 11.6. The van der Waals surface area contributed by atoms with Crippen LogP contribution >= 0.6 is 0 Å². The quantitative estimate of drug-likeness (QED) is 0.721. The van der Waals surface area contributed by atoms with Crippen molar-refractivity contribution in [3.63, 3.8) is 0 Å². The monoisotopic (exact) mass is 210 g/mol. The van der Waals surface area contributed by atoms with E-state index < -0.39 is 0 Å². The van der Waals surface area contributed by atoms with Crippen molar-refractivity contribution in [2.45, 2.75) is 57.5 Å². The van der Waals surface area contributed by atoms with Crippen LogP contribution in [0.15, 0.2) is 0 Å². The van der Waals surface area contributed by atoms with Crippen molar-refractivity contribution in [2.75, 3.05) is 6.54 Å². The van der Waals surface area contributed by atoms with Crippen LogP contribution in [-0.2, 0) is 4.79 Å². The zero-order valence-corrected chi connectivity index (χ0v) is 9.59. The van der Waals surface area contributed by atoms with Gasteiger partial charge in [-0.2, -0.15) is 0 Å². The fourth-order valence-electron chi connectivity index (χ4n) is 2.32. The van der Waals surface area contributed by atoms with E-state index in [1.54, 1.807) is 0 Å². The largest absolute Gasteiger partial charge is 0.353 e. The molecule has 2 N–H and O–H groups in total. The second-order valence-electron chi connectivity index (χ2n) is 5.16. The topological polar surface area (TPSA) is 41.1 Å². The Morgan fingerprint density at radius 1 is 1.20 bits per heavy atom. The lowest BCUT2D eigenvalue weighted by Gasteiger charge is -2.12. The summed E-state index contributed by atoms with van der Waals surface area (Å²) in [5.74, 6) is 1.02. The number of nitrogens with one attached hydrogen (secondary N) is 2. The van der Waals surface area contributed by atoms with Crippen LogP contribution in [0.1, 0.15) is 45.4 Å². The molecule has 0 spiro atoms. The van der Waals surface area contributed by atoms with Gasteiger partial charge >= 0.3 is 0 Å². The summed E-state index contributed by atoms with van der Waals surface area (Å²) >= 11 is 0. The number of amides is 1. The van der Waals surface area contributed by atoms with Gasteiger partial charge in [-0.1, -0.05) is 6.92 Å². The van der Waals surface area contributed by atoms with Crippen molar-refractivity contribution in [3.05, 3.63) is 0 Å². The molecule has 0 heterocycles. The number of carbonyl (C=O) groups excluding carboxylic acids is 1. The first-order valence-electron chi connectivity index (χ1n) is 6.27. The normalized spacial score (nSPS) is 30.5. The summed E-state index contributed by atoms with van der Waals surface area (Å²) in [6.07, 6.45) is 6.83. The molecule has 3 heteroatoms. The van der Waals surface area contributed by atoms with Gasteiger partial charge in [0.2, 0.25) is 5.91 Å². The Hall–Kier alpha value is -0.570. The highest BCUT2D eigenvalue weighted by Crippen LogP contribution is 2.24. The van der Waals surface area contributed by atoms with Gasteiger partial charge in [-0.3, -0.25) is 4.79 Å².